The molecule has 0 saturated carbocycles. The van der Waals surface area contributed by atoms with Gasteiger partial charge in [0.25, 0.3) is 11.5 Å². The maximum Gasteiger partial charge on any atom is 0.268 e. The number of piperidine rings is 1. The lowest BCUT2D eigenvalue weighted by atomic mass is 10.0. The quantitative estimate of drug-likeness (QED) is 0.875. The second kappa shape index (κ2) is 7.30. The van der Waals surface area contributed by atoms with Crippen LogP contribution in [0.4, 0.5) is 5.69 Å². The first-order chi connectivity index (χ1) is 13.1. The molecule has 0 spiro atoms. The SMILES string of the molecule is CCn1ncc(N2CCC(NC(=O)c3ccc4c(c3)OCO4)CC2)cc1=O. The van der Waals surface area contributed by atoms with Crippen molar-refractivity contribution >= 4 is 11.6 Å². The number of nitrogens with zero attached hydrogens (tertiary/aromatic N) is 3. The predicted octanol–water partition coefficient (Wildman–Crippen LogP) is 1.39. The fourth-order valence-corrected chi connectivity index (χ4v) is 3.42. The average molecular weight is 370 g/mol. The Hall–Kier alpha value is -3.03. The number of ether oxygens (including phenoxy) is 2. The Morgan fingerprint density at radius 1 is 1.22 bits per heavy atom. The van der Waals surface area contributed by atoms with E-state index in [1.165, 1.54) is 4.68 Å². The van der Waals surface area contributed by atoms with E-state index < -0.39 is 0 Å². The van der Waals surface area contributed by atoms with Crippen molar-refractivity contribution in [3.63, 3.8) is 0 Å². The van der Waals surface area contributed by atoms with Crippen molar-refractivity contribution in [2.75, 3.05) is 24.8 Å². The number of carbonyl (C=O) groups is 1. The van der Waals surface area contributed by atoms with E-state index in [9.17, 15) is 9.59 Å². The standard InChI is InChI=1S/C19H22N4O4/c1-2-23-18(24)10-15(11-20-23)22-7-5-14(6-8-22)21-19(25)13-3-4-16-17(9-13)27-12-26-16/h3-4,9-11,14H,2,5-8,12H2,1H3,(H,21,25). The lowest BCUT2D eigenvalue weighted by Crippen LogP contribution is -2.45. The maximum absolute atomic E-state index is 12.5. The highest BCUT2D eigenvalue weighted by atomic mass is 16.7. The van der Waals surface area contributed by atoms with Gasteiger partial charge in [-0.05, 0) is 38.0 Å². The molecule has 1 N–H and O–H groups in total. The Balaban J connectivity index is 1.35. The normalized spacial score (nSPS) is 16.4. The third kappa shape index (κ3) is 3.60. The van der Waals surface area contributed by atoms with Crippen LogP contribution in [-0.4, -0.2) is 41.6 Å². The summed E-state index contributed by atoms with van der Waals surface area (Å²) < 4.78 is 12.0. The van der Waals surface area contributed by atoms with Crippen LogP contribution >= 0.6 is 0 Å². The van der Waals surface area contributed by atoms with E-state index in [1.807, 2.05) is 6.92 Å². The molecule has 0 radical (unpaired) electrons. The first kappa shape index (κ1) is 17.4. The fraction of sp³-hybridized carbons (Fsp3) is 0.421. The Kier molecular flexibility index (Phi) is 4.70. The highest BCUT2D eigenvalue weighted by Gasteiger charge is 2.23. The molecular formula is C19H22N4O4. The van der Waals surface area contributed by atoms with Gasteiger partial charge in [0.15, 0.2) is 11.5 Å². The van der Waals surface area contributed by atoms with Crippen molar-refractivity contribution in [2.24, 2.45) is 0 Å². The van der Waals surface area contributed by atoms with Gasteiger partial charge in [-0.2, -0.15) is 5.10 Å². The first-order valence-corrected chi connectivity index (χ1v) is 9.16. The van der Waals surface area contributed by atoms with Crippen LogP contribution in [-0.2, 0) is 6.54 Å². The van der Waals surface area contributed by atoms with Crippen LogP contribution in [0.3, 0.4) is 0 Å². The summed E-state index contributed by atoms with van der Waals surface area (Å²) in [7, 11) is 0. The summed E-state index contributed by atoms with van der Waals surface area (Å²) in [5.41, 5.74) is 1.31. The van der Waals surface area contributed by atoms with Gasteiger partial charge < -0.3 is 19.7 Å². The second-order valence-corrected chi connectivity index (χ2v) is 6.67. The molecule has 27 heavy (non-hydrogen) atoms. The first-order valence-electron chi connectivity index (χ1n) is 9.16. The van der Waals surface area contributed by atoms with E-state index in [0.717, 1.165) is 31.6 Å². The number of benzene rings is 1. The van der Waals surface area contributed by atoms with Gasteiger partial charge in [0, 0.05) is 37.3 Å². The number of anilines is 1. The largest absolute Gasteiger partial charge is 0.454 e. The summed E-state index contributed by atoms with van der Waals surface area (Å²) >= 11 is 0. The Bertz CT molecular complexity index is 903. The minimum Gasteiger partial charge on any atom is -0.454 e. The molecule has 8 heteroatoms. The number of hydrogen-bond donors (Lipinski definition) is 1. The minimum absolute atomic E-state index is 0.0896. The van der Waals surface area contributed by atoms with Gasteiger partial charge in [0.1, 0.15) is 0 Å². The Labute approximate surface area is 156 Å². The van der Waals surface area contributed by atoms with E-state index in [4.69, 9.17) is 9.47 Å². The van der Waals surface area contributed by atoms with Gasteiger partial charge in [-0.15, -0.1) is 0 Å². The number of aryl methyl sites for hydroxylation is 1. The van der Waals surface area contributed by atoms with Crippen molar-refractivity contribution in [1.82, 2.24) is 15.1 Å². The molecule has 0 unspecified atom stereocenters. The summed E-state index contributed by atoms with van der Waals surface area (Å²) in [6.07, 6.45) is 3.36. The summed E-state index contributed by atoms with van der Waals surface area (Å²) in [5, 5.41) is 7.26. The van der Waals surface area contributed by atoms with Crippen LogP contribution in [0.1, 0.15) is 30.1 Å². The van der Waals surface area contributed by atoms with E-state index in [2.05, 4.69) is 15.3 Å². The molecule has 2 aliphatic rings. The molecule has 8 nitrogen and oxygen atoms in total. The van der Waals surface area contributed by atoms with Crippen molar-refractivity contribution in [3.8, 4) is 11.5 Å². The zero-order valence-corrected chi connectivity index (χ0v) is 15.2. The molecular weight excluding hydrogens is 348 g/mol. The molecule has 0 bridgehead atoms. The van der Waals surface area contributed by atoms with Gasteiger partial charge in [0.05, 0.1) is 11.9 Å². The van der Waals surface area contributed by atoms with E-state index in [0.29, 0.717) is 23.6 Å². The smallest absolute Gasteiger partial charge is 0.268 e. The molecule has 0 aliphatic carbocycles. The third-order valence-electron chi connectivity index (χ3n) is 4.98. The Morgan fingerprint density at radius 2 is 2.00 bits per heavy atom. The molecule has 1 fully saturated rings. The molecule has 2 aliphatic heterocycles. The molecule has 2 aromatic rings. The third-order valence-corrected chi connectivity index (χ3v) is 4.98. The number of fused-ring (bicyclic) bond motifs is 1. The molecule has 142 valence electrons. The fourth-order valence-electron chi connectivity index (χ4n) is 3.42. The molecule has 1 amide bonds. The van der Waals surface area contributed by atoms with Gasteiger partial charge >= 0.3 is 0 Å². The number of nitrogens with one attached hydrogen (secondary N) is 1. The van der Waals surface area contributed by atoms with Crippen LogP contribution in [0, 0.1) is 0 Å². The monoisotopic (exact) mass is 370 g/mol. The molecule has 1 aromatic carbocycles. The highest BCUT2D eigenvalue weighted by Crippen LogP contribution is 2.32. The predicted molar refractivity (Wildman–Crippen MR) is 99.4 cm³/mol. The van der Waals surface area contributed by atoms with E-state index >= 15 is 0 Å². The van der Waals surface area contributed by atoms with E-state index in [-0.39, 0.29) is 24.3 Å². The van der Waals surface area contributed by atoms with Crippen LogP contribution < -0.4 is 25.2 Å². The number of aromatic nitrogens is 2. The van der Waals surface area contributed by atoms with Crippen molar-refractivity contribution in [2.45, 2.75) is 32.4 Å². The molecule has 0 atom stereocenters. The maximum atomic E-state index is 12.5. The van der Waals surface area contributed by atoms with Crippen molar-refractivity contribution in [3.05, 3.63) is 46.4 Å². The zero-order valence-electron chi connectivity index (χ0n) is 15.2. The number of rotatable bonds is 4. The number of hydrogen-bond acceptors (Lipinski definition) is 6. The summed E-state index contributed by atoms with van der Waals surface area (Å²) in [5.74, 6) is 1.16. The summed E-state index contributed by atoms with van der Waals surface area (Å²) in [4.78, 5) is 26.6. The lowest BCUT2D eigenvalue weighted by Gasteiger charge is -2.33. The lowest BCUT2D eigenvalue weighted by molar-refractivity contribution is 0.0930. The van der Waals surface area contributed by atoms with Gasteiger partial charge in [-0.25, -0.2) is 4.68 Å². The Morgan fingerprint density at radius 3 is 2.74 bits per heavy atom. The molecule has 1 saturated heterocycles. The molecule has 4 rings (SSSR count). The summed E-state index contributed by atoms with van der Waals surface area (Å²) in [6.45, 7) is 4.18. The topological polar surface area (TPSA) is 85.7 Å². The van der Waals surface area contributed by atoms with E-state index in [1.54, 1.807) is 30.5 Å². The van der Waals surface area contributed by atoms with Crippen molar-refractivity contribution < 1.29 is 14.3 Å². The molecule has 3 heterocycles. The second-order valence-electron chi connectivity index (χ2n) is 6.67. The molecule has 1 aromatic heterocycles. The van der Waals surface area contributed by atoms with Crippen LogP contribution in [0.25, 0.3) is 0 Å². The van der Waals surface area contributed by atoms with Crippen LogP contribution in [0.2, 0.25) is 0 Å². The highest BCUT2D eigenvalue weighted by molar-refractivity contribution is 5.95. The van der Waals surface area contributed by atoms with Crippen molar-refractivity contribution in [1.29, 1.82) is 0 Å². The zero-order chi connectivity index (χ0) is 18.8. The number of carbonyl (C=O) groups excluding carboxylic acids is 1. The van der Waals surface area contributed by atoms with Gasteiger partial charge in [0.2, 0.25) is 6.79 Å². The van der Waals surface area contributed by atoms with Gasteiger partial charge in [-0.3, -0.25) is 9.59 Å². The number of amides is 1. The van der Waals surface area contributed by atoms with Gasteiger partial charge in [-0.1, -0.05) is 0 Å². The summed E-state index contributed by atoms with van der Waals surface area (Å²) in [6, 6.07) is 6.93. The average Bonchev–Trinajstić information content (AvgIpc) is 3.16. The van der Waals surface area contributed by atoms with Crippen LogP contribution in [0.5, 0.6) is 11.5 Å². The minimum atomic E-state index is -0.112. The van der Waals surface area contributed by atoms with Crippen LogP contribution in [0.15, 0.2) is 35.3 Å².